The molecule has 1 saturated heterocycles. The average molecular weight is 247 g/mol. The lowest BCUT2D eigenvalue weighted by Crippen LogP contribution is -2.14. The second-order valence-corrected chi connectivity index (χ2v) is 3.94. The first-order valence-corrected chi connectivity index (χ1v) is 5.01. The van der Waals surface area contributed by atoms with Crippen molar-refractivity contribution in [2.75, 3.05) is 6.54 Å². The Balaban J connectivity index is 2.36. The average Bonchev–Trinajstić information content (AvgIpc) is 2.63. The highest BCUT2D eigenvalue weighted by atomic mass is 19.4. The van der Waals surface area contributed by atoms with Gasteiger partial charge in [-0.1, -0.05) is 0 Å². The first-order valence-electron chi connectivity index (χ1n) is 5.01. The highest BCUT2D eigenvalue weighted by Gasteiger charge is 2.33. The second kappa shape index (κ2) is 4.01. The number of carbonyl (C=O) groups excluding carboxylic acids is 1. The zero-order valence-electron chi connectivity index (χ0n) is 8.64. The number of hydrogen-bond acceptors (Lipinski definition) is 1. The van der Waals surface area contributed by atoms with E-state index in [0.29, 0.717) is 6.07 Å². The molecule has 2 nitrogen and oxygen atoms in total. The number of carbonyl (C=O) groups is 1. The van der Waals surface area contributed by atoms with Gasteiger partial charge in [-0.25, -0.2) is 4.39 Å². The predicted molar refractivity (Wildman–Crippen MR) is 51.8 cm³/mol. The van der Waals surface area contributed by atoms with Gasteiger partial charge in [0.15, 0.2) is 0 Å². The molecule has 1 aliphatic rings. The van der Waals surface area contributed by atoms with Crippen molar-refractivity contribution >= 4 is 5.91 Å². The van der Waals surface area contributed by atoms with Gasteiger partial charge in [-0.3, -0.25) is 4.79 Å². The molecule has 1 fully saturated rings. The van der Waals surface area contributed by atoms with Gasteiger partial charge in [0.2, 0.25) is 5.91 Å². The van der Waals surface area contributed by atoms with Crippen molar-refractivity contribution in [1.82, 2.24) is 5.32 Å². The molecule has 1 unspecified atom stereocenters. The first kappa shape index (κ1) is 11.9. The number of hydrogen-bond donors (Lipinski definition) is 1. The fourth-order valence-corrected chi connectivity index (χ4v) is 1.86. The van der Waals surface area contributed by atoms with Crippen molar-refractivity contribution < 1.29 is 22.4 Å². The molecule has 92 valence electrons. The minimum atomic E-state index is -4.50. The van der Waals surface area contributed by atoms with Crippen molar-refractivity contribution in [2.45, 2.75) is 18.5 Å². The van der Waals surface area contributed by atoms with E-state index in [0.717, 1.165) is 12.1 Å². The molecular weight excluding hydrogens is 238 g/mol. The molecule has 0 radical (unpaired) electrons. The van der Waals surface area contributed by atoms with Crippen molar-refractivity contribution in [3.8, 4) is 0 Å². The van der Waals surface area contributed by atoms with Crippen molar-refractivity contribution in [3.05, 3.63) is 35.1 Å². The molecular formula is C11H9F4NO. The van der Waals surface area contributed by atoms with E-state index in [-0.39, 0.29) is 24.4 Å². The van der Waals surface area contributed by atoms with Gasteiger partial charge in [0.25, 0.3) is 0 Å². The molecule has 1 atom stereocenters. The Bertz CT molecular complexity index is 455. The van der Waals surface area contributed by atoms with Crippen LogP contribution in [-0.4, -0.2) is 12.5 Å². The van der Waals surface area contributed by atoms with Gasteiger partial charge < -0.3 is 5.32 Å². The normalized spacial score (nSPS) is 20.5. The van der Waals surface area contributed by atoms with Crippen LogP contribution >= 0.6 is 0 Å². The lowest BCUT2D eigenvalue weighted by molar-refractivity contribution is -0.137. The van der Waals surface area contributed by atoms with Gasteiger partial charge in [0.05, 0.1) is 5.56 Å². The molecule has 1 heterocycles. The number of alkyl halides is 3. The van der Waals surface area contributed by atoms with E-state index < -0.39 is 23.5 Å². The molecule has 1 aromatic carbocycles. The smallest absolute Gasteiger partial charge is 0.355 e. The van der Waals surface area contributed by atoms with Crippen LogP contribution in [0.5, 0.6) is 0 Å². The molecule has 1 aliphatic heterocycles. The summed E-state index contributed by atoms with van der Waals surface area (Å²) in [5.41, 5.74) is -0.952. The number of rotatable bonds is 1. The maximum Gasteiger partial charge on any atom is 0.416 e. The number of benzene rings is 1. The fourth-order valence-electron chi connectivity index (χ4n) is 1.86. The summed E-state index contributed by atoms with van der Waals surface area (Å²) in [6, 6.07) is 2.27. The van der Waals surface area contributed by atoms with Crippen LogP contribution in [0, 0.1) is 5.82 Å². The molecule has 1 amide bonds. The highest BCUT2D eigenvalue weighted by Crippen LogP contribution is 2.33. The topological polar surface area (TPSA) is 29.1 Å². The van der Waals surface area contributed by atoms with Crippen molar-refractivity contribution in [2.24, 2.45) is 0 Å². The van der Waals surface area contributed by atoms with Crippen LogP contribution in [0.4, 0.5) is 17.6 Å². The SMILES string of the molecule is O=C1CC(c2cc(C(F)(F)F)ccc2F)CN1. The van der Waals surface area contributed by atoms with Gasteiger partial charge in [-0.2, -0.15) is 13.2 Å². The minimum Gasteiger partial charge on any atom is -0.355 e. The lowest BCUT2D eigenvalue weighted by atomic mass is 9.96. The van der Waals surface area contributed by atoms with E-state index in [9.17, 15) is 22.4 Å². The van der Waals surface area contributed by atoms with Crippen LogP contribution in [0.1, 0.15) is 23.5 Å². The van der Waals surface area contributed by atoms with Gasteiger partial charge >= 0.3 is 6.18 Å². The third-order valence-corrected chi connectivity index (χ3v) is 2.74. The summed E-state index contributed by atoms with van der Waals surface area (Å²) >= 11 is 0. The molecule has 0 aromatic heterocycles. The molecule has 1 aromatic rings. The Morgan fingerprint density at radius 3 is 2.53 bits per heavy atom. The van der Waals surface area contributed by atoms with Crippen LogP contribution in [0.3, 0.4) is 0 Å². The van der Waals surface area contributed by atoms with E-state index in [2.05, 4.69) is 5.32 Å². The summed E-state index contributed by atoms with van der Waals surface area (Å²) < 4.78 is 50.8. The van der Waals surface area contributed by atoms with Crippen molar-refractivity contribution in [3.63, 3.8) is 0 Å². The summed E-state index contributed by atoms with van der Waals surface area (Å²) in [5, 5.41) is 2.47. The molecule has 17 heavy (non-hydrogen) atoms. The second-order valence-electron chi connectivity index (χ2n) is 3.94. The summed E-state index contributed by atoms with van der Waals surface area (Å²) in [5.74, 6) is -1.50. The molecule has 0 aliphatic carbocycles. The van der Waals surface area contributed by atoms with Crippen molar-refractivity contribution in [1.29, 1.82) is 0 Å². The van der Waals surface area contributed by atoms with Crippen LogP contribution in [0.2, 0.25) is 0 Å². The molecule has 0 spiro atoms. The van der Waals surface area contributed by atoms with E-state index in [1.54, 1.807) is 0 Å². The van der Waals surface area contributed by atoms with E-state index >= 15 is 0 Å². The van der Waals surface area contributed by atoms with Gasteiger partial charge in [0, 0.05) is 18.9 Å². The number of halogens is 4. The van der Waals surface area contributed by atoms with Gasteiger partial charge in [-0.15, -0.1) is 0 Å². The Morgan fingerprint density at radius 2 is 2.00 bits per heavy atom. The minimum absolute atomic E-state index is 0.0260. The third kappa shape index (κ3) is 2.40. The highest BCUT2D eigenvalue weighted by molar-refractivity contribution is 5.79. The Labute approximate surface area is 94.6 Å². The standard InChI is InChI=1S/C11H9F4NO/c12-9-2-1-7(11(13,14)15)4-8(9)6-3-10(17)16-5-6/h1-2,4,6H,3,5H2,(H,16,17). The number of amides is 1. The molecule has 1 N–H and O–H groups in total. The monoisotopic (exact) mass is 247 g/mol. The molecule has 0 bridgehead atoms. The van der Waals surface area contributed by atoms with E-state index in [1.165, 1.54) is 0 Å². The Kier molecular flexibility index (Phi) is 2.81. The van der Waals surface area contributed by atoms with Gasteiger partial charge in [-0.05, 0) is 23.8 Å². The zero-order valence-corrected chi connectivity index (χ0v) is 8.64. The van der Waals surface area contributed by atoms with E-state index in [1.807, 2.05) is 0 Å². The molecule has 2 rings (SSSR count). The quantitative estimate of drug-likeness (QED) is 0.759. The maximum atomic E-state index is 13.4. The lowest BCUT2D eigenvalue weighted by Gasteiger charge is -2.13. The fraction of sp³-hybridized carbons (Fsp3) is 0.364. The third-order valence-electron chi connectivity index (χ3n) is 2.74. The largest absolute Gasteiger partial charge is 0.416 e. The van der Waals surface area contributed by atoms with Crippen LogP contribution in [0.15, 0.2) is 18.2 Å². The summed E-state index contributed by atoms with van der Waals surface area (Å²) in [7, 11) is 0. The summed E-state index contributed by atoms with van der Waals surface area (Å²) in [6.45, 7) is 0.178. The first-order chi connectivity index (χ1) is 7.88. The Hall–Kier alpha value is -1.59. The molecule has 6 heteroatoms. The van der Waals surface area contributed by atoms with Crippen LogP contribution in [0.25, 0.3) is 0 Å². The van der Waals surface area contributed by atoms with E-state index in [4.69, 9.17) is 0 Å². The maximum absolute atomic E-state index is 13.4. The summed E-state index contributed by atoms with van der Waals surface area (Å²) in [6.07, 6.45) is -4.48. The van der Waals surface area contributed by atoms with Crippen LogP contribution < -0.4 is 5.32 Å². The summed E-state index contributed by atoms with van der Waals surface area (Å²) in [4.78, 5) is 11.0. The number of nitrogens with one attached hydrogen (secondary N) is 1. The predicted octanol–water partition coefficient (Wildman–Crippen LogP) is 2.45. The zero-order chi connectivity index (χ0) is 12.6. The Morgan fingerprint density at radius 1 is 1.29 bits per heavy atom. The van der Waals surface area contributed by atoms with Gasteiger partial charge in [0.1, 0.15) is 5.82 Å². The molecule has 0 saturated carbocycles. The van der Waals surface area contributed by atoms with Crippen LogP contribution in [-0.2, 0) is 11.0 Å².